The van der Waals surface area contributed by atoms with Gasteiger partial charge in [-0.05, 0) is 48.1 Å². The van der Waals surface area contributed by atoms with Gasteiger partial charge in [-0.1, -0.05) is 55.8 Å². The third-order valence-corrected chi connectivity index (χ3v) is 4.58. The summed E-state index contributed by atoms with van der Waals surface area (Å²) in [5, 5.41) is 0.911. The van der Waals surface area contributed by atoms with Crippen molar-refractivity contribution >= 4 is 10.8 Å². The van der Waals surface area contributed by atoms with E-state index >= 15 is 4.39 Å². The zero-order valence-electron chi connectivity index (χ0n) is 16.4. The molecule has 0 spiro atoms. The minimum absolute atomic E-state index is 0.0149. The zero-order chi connectivity index (χ0) is 20.8. The molecule has 3 aromatic carbocycles. The van der Waals surface area contributed by atoms with Crippen LogP contribution in [0.4, 0.5) is 13.2 Å². The molecule has 0 aromatic heterocycles. The summed E-state index contributed by atoms with van der Waals surface area (Å²) in [5.74, 6) is -0.154. The number of hydrogen-bond donors (Lipinski definition) is 0. The smallest absolute Gasteiger partial charge is 0.387 e. The molecule has 152 valence electrons. The summed E-state index contributed by atoms with van der Waals surface area (Å²) >= 11 is 0. The third kappa shape index (κ3) is 4.91. The molecule has 0 fully saturated rings. The van der Waals surface area contributed by atoms with Crippen molar-refractivity contribution in [2.75, 3.05) is 6.61 Å². The Balaban J connectivity index is 2.07. The maximum absolute atomic E-state index is 15.4. The van der Waals surface area contributed by atoms with Crippen LogP contribution in [0.3, 0.4) is 0 Å². The van der Waals surface area contributed by atoms with E-state index in [1.165, 1.54) is 6.07 Å². The fraction of sp³-hybridized carbons (Fsp3) is 0.250. The summed E-state index contributed by atoms with van der Waals surface area (Å²) < 4.78 is 51.6. The highest BCUT2D eigenvalue weighted by atomic mass is 19.3. The average Bonchev–Trinajstić information content (AvgIpc) is 2.69. The maximum Gasteiger partial charge on any atom is 0.387 e. The second-order valence-corrected chi connectivity index (χ2v) is 6.65. The van der Waals surface area contributed by atoms with E-state index in [9.17, 15) is 8.78 Å². The lowest BCUT2D eigenvalue weighted by atomic mass is 9.97. The molecule has 0 saturated heterocycles. The van der Waals surface area contributed by atoms with Gasteiger partial charge >= 0.3 is 6.61 Å². The average molecular weight is 400 g/mol. The molecule has 0 aliphatic rings. The highest BCUT2D eigenvalue weighted by Gasteiger charge is 2.19. The first kappa shape index (κ1) is 20.8. The predicted octanol–water partition coefficient (Wildman–Crippen LogP) is 7.15. The van der Waals surface area contributed by atoms with Crippen LogP contribution in [-0.2, 0) is 6.42 Å². The van der Waals surface area contributed by atoms with Crippen LogP contribution in [0.15, 0.2) is 60.7 Å². The normalized spacial score (nSPS) is 11.5. The number of benzene rings is 3. The van der Waals surface area contributed by atoms with E-state index < -0.39 is 12.4 Å². The molecular weight excluding hydrogens is 377 g/mol. The van der Waals surface area contributed by atoms with E-state index in [0.29, 0.717) is 28.7 Å². The lowest BCUT2D eigenvalue weighted by Gasteiger charge is -2.15. The monoisotopic (exact) mass is 400 g/mol. The standard InChI is InChI=1S/C24H23F3O2/c1-3-5-13-28-19-10-8-17(9-11-19)22-21(29-24(26)27)15-18-14-16(6-4-2)7-12-20(18)23(22)25/h3,5,7-12,14-15,24H,4,6,13H2,1-2H3. The zero-order valence-corrected chi connectivity index (χ0v) is 16.4. The molecule has 0 aliphatic heterocycles. The molecule has 0 N–H and O–H groups in total. The van der Waals surface area contributed by atoms with Crippen molar-refractivity contribution in [3.05, 3.63) is 72.1 Å². The molecule has 29 heavy (non-hydrogen) atoms. The first-order chi connectivity index (χ1) is 14.0. The van der Waals surface area contributed by atoms with Crippen molar-refractivity contribution in [1.82, 2.24) is 0 Å². The highest BCUT2D eigenvalue weighted by Crippen LogP contribution is 2.39. The Morgan fingerprint density at radius 2 is 1.79 bits per heavy atom. The van der Waals surface area contributed by atoms with Crippen LogP contribution in [0.5, 0.6) is 11.5 Å². The van der Waals surface area contributed by atoms with Gasteiger partial charge in [0, 0.05) is 5.39 Å². The van der Waals surface area contributed by atoms with Crippen LogP contribution in [0, 0.1) is 5.82 Å². The minimum atomic E-state index is -3.05. The van der Waals surface area contributed by atoms with E-state index in [1.54, 1.807) is 30.3 Å². The van der Waals surface area contributed by atoms with Crippen LogP contribution in [0.2, 0.25) is 0 Å². The maximum atomic E-state index is 15.4. The van der Waals surface area contributed by atoms with Gasteiger partial charge in [0.2, 0.25) is 0 Å². The molecule has 2 nitrogen and oxygen atoms in total. The Labute approximate surface area is 168 Å². The fourth-order valence-corrected chi connectivity index (χ4v) is 3.25. The van der Waals surface area contributed by atoms with Crippen LogP contribution in [0.25, 0.3) is 21.9 Å². The SMILES string of the molecule is CC=CCOc1ccc(-c2c(OC(F)F)cc3cc(CCC)ccc3c2F)cc1. The molecule has 0 atom stereocenters. The van der Waals surface area contributed by atoms with Crippen molar-refractivity contribution in [3.63, 3.8) is 0 Å². The topological polar surface area (TPSA) is 18.5 Å². The van der Waals surface area contributed by atoms with Gasteiger partial charge in [-0.15, -0.1) is 0 Å². The molecule has 3 aromatic rings. The number of alkyl halides is 2. The summed E-state index contributed by atoms with van der Waals surface area (Å²) in [6.07, 6.45) is 5.50. The lowest BCUT2D eigenvalue weighted by molar-refractivity contribution is -0.0494. The molecule has 0 bridgehead atoms. The molecular formula is C24H23F3O2. The van der Waals surface area contributed by atoms with Crippen molar-refractivity contribution in [2.24, 2.45) is 0 Å². The van der Waals surface area contributed by atoms with E-state index in [-0.39, 0.29) is 11.3 Å². The van der Waals surface area contributed by atoms with Gasteiger partial charge in [-0.2, -0.15) is 8.78 Å². The number of fused-ring (bicyclic) bond motifs is 1. The Bertz CT molecular complexity index is 995. The van der Waals surface area contributed by atoms with Gasteiger partial charge in [-0.25, -0.2) is 4.39 Å². The second-order valence-electron chi connectivity index (χ2n) is 6.65. The molecule has 0 aliphatic carbocycles. The molecule has 0 radical (unpaired) electrons. The van der Waals surface area contributed by atoms with Gasteiger partial charge in [0.1, 0.15) is 23.9 Å². The minimum Gasteiger partial charge on any atom is -0.490 e. The van der Waals surface area contributed by atoms with Crippen molar-refractivity contribution in [3.8, 4) is 22.6 Å². The largest absolute Gasteiger partial charge is 0.490 e. The van der Waals surface area contributed by atoms with Gasteiger partial charge < -0.3 is 9.47 Å². The van der Waals surface area contributed by atoms with Crippen LogP contribution < -0.4 is 9.47 Å². The van der Waals surface area contributed by atoms with Crippen LogP contribution in [-0.4, -0.2) is 13.2 Å². The van der Waals surface area contributed by atoms with Gasteiger partial charge in [-0.3, -0.25) is 0 Å². The first-order valence-corrected chi connectivity index (χ1v) is 9.57. The van der Waals surface area contributed by atoms with Gasteiger partial charge in [0.25, 0.3) is 0 Å². The van der Waals surface area contributed by atoms with E-state index in [2.05, 4.69) is 4.74 Å². The van der Waals surface area contributed by atoms with Crippen molar-refractivity contribution in [2.45, 2.75) is 33.3 Å². The Morgan fingerprint density at radius 1 is 1.03 bits per heavy atom. The number of ether oxygens (including phenoxy) is 2. The fourth-order valence-electron chi connectivity index (χ4n) is 3.25. The molecule has 0 amide bonds. The molecule has 0 saturated carbocycles. The van der Waals surface area contributed by atoms with Crippen LogP contribution in [0.1, 0.15) is 25.8 Å². The lowest BCUT2D eigenvalue weighted by Crippen LogP contribution is -2.05. The number of aryl methyl sites for hydroxylation is 1. The number of hydrogen-bond acceptors (Lipinski definition) is 2. The van der Waals surface area contributed by atoms with Crippen molar-refractivity contribution < 1.29 is 22.6 Å². The predicted molar refractivity (Wildman–Crippen MR) is 110 cm³/mol. The number of rotatable bonds is 8. The quantitative estimate of drug-likeness (QED) is 0.374. The molecule has 3 rings (SSSR count). The third-order valence-electron chi connectivity index (χ3n) is 4.58. The molecule has 0 unspecified atom stereocenters. The Morgan fingerprint density at radius 3 is 2.45 bits per heavy atom. The summed E-state index contributed by atoms with van der Waals surface area (Å²) in [6, 6.07) is 13.5. The van der Waals surface area contributed by atoms with Crippen LogP contribution >= 0.6 is 0 Å². The summed E-state index contributed by atoms with van der Waals surface area (Å²) in [5.41, 5.74) is 1.48. The van der Waals surface area contributed by atoms with Gasteiger partial charge in [0.15, 0.2) is 0 Å². The number of halogens is 3. The highest BCUT2D eigenvalue weighted by molar-refractivity contribution is 5.92. The first-order valence-electron chi connectivity index (χ1n) is 9.57. The summed E-state index contributed by atoms with van der Waals surface area (Å²) in [6.45, 7) is 1.31. The molecule has 0 heterocycles. The summed E-state index contributed by atoms with van der Waals surface area (Å²) in [7, 11) is 0. The molecule has 5 heteroatoms. The van der Waals surface area contributed by atoms with E-state index in [4.69, 9.17) is 4.74 Å². The number of allylic oxidation sites excluding steroid dienone is 1. The Kier molecular flexibility index (Phi) is 6.81. The van der Waals surface area contributed by atoms with E-state index in [0.717, 1.165) is 18.4 Å². The van der Waals surface area contributed by atoms with Gasteiger partial charge in [0.05, 0.1) is 5.56 Å². The Hall–Kier alpha value is -2.95. The second kappa shape index (κ2) is 9.50. The summed E-state index contributed by atoms with van der Waals surface area (Å²) in [4.78, 5) is 0. The van der Waals surface area contributed by atoms with Crippen molar-refractivity contribution in [1.29, 1.82) is 0 Å². The van der Waals surface area contributed by atoms with E-state index in [1.807, 2.05) is 38.1 Å².